The van der Waals surface area contributed by atoms with E-state index in [1.54, 1.807) is 13.1 Å². The summed E-state index contributed by atoms with van der Waals surface area (Å²) < 4.78 is 1.48. The van der Waals surface area contributed by atoms with Crippen molar-refractivity contribution in [3.63, 3.8) is 0 Å². The molecule has 2 aromatic heterocycles. The Hall–Kier alpha value is -2.17. The highest BCUT2D eigenvalue weighted by Crippen LogP contribution is 2.26. The number of nitrogens with one attached hydrogen (secondary N) is 1. The summed E-state index contributed by atoms with van der Waals surface area (Å²) in [5, 5.41) is 2.80. The van der Waals surface area contributed by atoms with Gasteiger partial charge in [0.25, 0.3) is 5.56 Å². The van der Waals surface area contributed by atoms with Crippen molar-refractivity contribution >= 4 is 17.2 Å². The number of fused-ring (bicyclic) bond motifs is 1. The average molecular weight is 313 g/mol. The number of amides is 1. The molecule has 122 valence electrons. The molecule has 0 saturated heterocycles. The van der Waals surface area contributed by atoms with Crippen LogP contribution in [0.4, 0.5) is 5.69 Å². The monoisotopic (exact) mass is 313 g/mol. The number of rotatable bonds is 3. The summed E-state index contributed by atoms with van der Waals surface area (Å²) in [5.41, 5.74) is 2.30. The summed E-state index contributed by atoms with van der Waals surface area (Å²) in [6, 6.07) is 3.72. The lowest BCUT2D eigenvalue weighted by atomic mass is 9.87. The van der Waals surface area contributed by atoms with Gasteiger partial charge >= 0.3 is 0 Å². The summed E-state index contributed by atoms with van der Waals surface area (Å²) in [4.78, 5) is 29.3. The maximum absolute atomic E-state index is 12.6. The van der Waals surface area contributed by atoms with Crippen LogP contribution in [-0.2, 0) is 4.79 Å². The molecule has 1 amide bonds. The topological polar surface area (TPSA) is 63.5 Å². The molecule has 1 aliphatic rings. The lowest BCUT2D eigenvalue weighted by molar-refractivity contribution is -0.117. The molecular weight excluding hydrogens is 290 g/mol. The van der Waals surface area contributed by atoms with Crippen LogP contribution < -0.4 is 10.9 Å². The molecule has 0 spiro atoms. The molecule has 5 nitrogen and oxygen atoms in total. The molecule has 2 heterocycles. The molecule has 5 heteroatoms. The molecule has 1 aliphatic carbocycles. The summed E-state index contributed by atoms with van der Waals surface area (Å²) in [6.45, 7) is 3.72. The molecular formula is C18H23N3O2. The zero-order valence-electron chi connectivity index (χ0n) is 13.8. The van der Waals surface area contributed by atoms with E-state index in [9.17, 15) is 9.59 Å². The SMILES string of the molecule is Cc1ccn2c(=O)c(NC(=O)CC3CCCCC3)c(C)nc2c1. The third-order valence-corrected chi connectivity index (χ3v) is 4.63. The van der Waals surface area contributed by atoms with Gasteiger partial charge in [0.15, 0.2) is 0 Å². The van der Waals surface area contributed by atoms with E-state index in [2.05, 4.69) is 10.3 Å². The fraction of sp³-hybridized carbons (Fsp3) is 0.500. The van der Waals surface area contributed by atoms with E-state index >= 15 is 0 Å². The first-order valence-electron chi connectivity index (χ1n) is 8.34. The van der Waals surface area contributed by atoms with Gasteiger partial charge in [-0.15, -0.1) is 0 Å². The molecule has 0 atom stereocenters. The number of aryl methyl sites for hydroxylation is 2. The highest BCUT2D eigenvalue weighted by Gasteiger charge is 2.19. The van der Waals surface area contributed by atoms with Crippen molar-refractivity contribution in [2.75, 3.05) is 5.32 Å². The maximum Gasteiger partial charge on any atom is 0.281 e. The van der Waals surface area contributed by atoms with Gasteiger partial charge in [0.2, 0.25) is 5.91 Å². The molecule has 2 aromatic rings. The Bertz CT molecular complexity index is 789. The summed E-state index contributed by atoms with van der Waals surface area (Å²) >= 11 is 0. The predicted octanol–water partition coefficient (Wildman–Crippen LogP) is 3.22. The number of nitrogens with zero attached hydrogens (tertiary/aromatic N) is 2. The van der Waals surface area contributed by atoms with Gasteiger partial charge in [0.1, 0.15) is 11.3 Å². The second-order valence-corrected chi connectivity index (χ2v) is 6.57. The normalized spacial score (nSPS) is 15.7. The smallest absolute Gasteiger partial charge is 0.281 e. The van der Waals surface area contributed by atoms with E-state index in [1.165, 1.54) is 23.7 Å². The second kappa shape index (κ2) is 6.52. The lowest BCUT2D eigenvalue weighted by Gasteiger charge is -2.21. The van der Waals surface area contributed by atoms with E-state index in [1.807, 2.05) is 19.1 Å². The van der Waals surface area contributed by atoms with Gasteiger partial charge in [0.05, 0.1) is 5.69 Å². The van der Waals surface area contributed by atoms with Gasteiger partial charge in [-0.05, 0) is 50.3 Å². The molecule has 3 rings (SSSR count). The average Bonchev–Trinajstić information content (AvgIpc) is 2.52. The lowest BCUT2D eigenvalue weighted by Crippen LogP contribution is -2.26. The van der Waals surface area contributed by atoms with E-state index in [4.69, 9.17) is 0 Å². The van der Waals surface area contributed by atoms with Crippen LogP contribution in [0.3, 0.4) is 0 Å². The van der Waals surface area contributed by atoms with E-state index in [0.29, 0.717) is 29.4 Å². The van der Waals surface area contributed by atoms with Crippen molar-refractivity contribution in [3.05, 3.63) is 39.9 Å². The van der Waals surface area contributed by atoms with Crippen LogP contribution in [0.25, 0.3) is 5.65 Å². The minimum atomic E-state index is -0.218. The third kappa shape index (κ3) is 3.44. The van der Waals surface area contributed by atoms with Crippen LogP contribution in [-0.4, -0.2) is 15.3 Å². The van der Waals surface area contributed by atoms with Crippen molar-refractivity contribution < 1.29 is 4.79 Å². The summed E-state index contributed by atoms with van der Waals surface area (Å²) in [7, 11) is 0. The van der Waals surface area contributed by atoms with Crippen molar-refractivity contribution in [2.24, 2.45) is 5.92 Å². The van der Waals surface area contributed by atoms with Crippen LogP contribution in [0.5, 0.6) is 0 Å². The van der Waals surface area contributed by atoms with E-state index in [0.717, 1.165) is 18.4 Å². The van der Waals surface area contributed by atoms with Crippen LogP contribution in [0.15, 0.2) is 23.1 Å². The van der Waals surface area contributed by atoms with Gasteiger partial charge in [-0.2, -0.15) is 0 Å². The number of carbonyl (C=O) groups is 1. The van der Waals surface area contributed by atoms with Crippen LogP contribution in [0, 0.1) is 19.8 Å². The molecule has 0 unspecified atom stereocenters. The standard InChI is InChI=1S/C18H23N3O2/c1-12-8-9-21-15(10-12)19-13(2)17(18(21)23)20-16(22)11-14-6-4-3-5-7-14/h8-10,14H,3-7,11H2,1-2H3,(H,20,22). The molecule has 23 heavy (non-hydrogen) atoms. The van der Waals surface area contributed by atoms with Crippen molar-refractivity contribution in [2.45, 2.75) is 52.4 Å². The molecule has 0 aromatic carbocycles. The number of hydrogen-bond donors (Lipinski definition) is 1. The Labute approximate surface area is 135 Å². The minimum absolute atomic E-state index is 0.0778. The number of pyridine rings is 1. The Balaban J connectivity index is 1.83. The van der Waals surface area contributed by atoms with Crippen LogP contribution in [0.2, 0.25) is 0 Å². The van der Waals surface area contributed by atoms with Crippen molar-refractivity contribution in [1.29, 1.82) is 0 Å². The number of hydrogen-bond acceptors (Lipinski definition) is 3. The predicted molar refractivity (Wildman–Crippen MR) is 90.8 cm³/mol. The highest BCUT2D eigenvalue weighted by atomic mass is 16.2. The quantitative estimate of drug-likeness (QED) is 0.946. The minimum Gasteiger partial charge on any atom is -0.320 e. The van der Waals surface area contributed by atoms with E-state index in [-0.39, 0.29) is 11.5 Å². The molecule has 0 radical (unpaired) electrons. The van der Waals surface area contributed by atoms with Crippen molar-refractivity contribution in [3.8, 4) is 0 Å². The number of carbonyl (C=O) groups excluding carboxylic acids is 1. The second-order valence-electron chi connectivity index (χ2n) is 6.57. The highest BCUT2D eigenvalue weighted by molar-refractivity contribution is 5.91. The molecule has 1 saturated carbocycles. The van der Waals surface area contributed by atoms with Crippen molar-refractivity contribution in [1.82, 2.24) is 9.38 Å². The van der Waals surface area contributed by atoms with Crippen LogP contribution in [0.1, 0.15) is 49.8 Å². The fourth-order valence-corrected chi connectivity index (χ4v) is 3.34. The largest absolute Gasteiger partial charge is 0.320 e. The molecule has 0 aliphatic heterocycles. The van der Waals surface area contributed by atoms with Gasteiger partial charge in [-0.3, -0.25) is 14.0 Å². The molecule has 1 N–H and O–H groups in total. The zero-order chi connectivity index (χ0) is 16.4. The Morgan fingerprint density at radius 2 is 2.04 bits per heavy atom. The van der Waals surface area contributed by atoms with Gasteiger partial charge < -0.3 is 5.32 Å². The van der Waals surface area contributed by atoms with Gasteiger partial charge in [-0.25, -0.2) is 4.98 Å². The van der Waals surface area contributed by atoms with Gasteiger partial charge in [0, 0.05) is 12.6 Å². The first-order chi connectivity index (χ1) is 11.0. The maximum atomic E-state index is 12.6. The summed E-state index contributed by atoms with van der Waals surface area (Å²) in [6.07, 6.45) is 8.10. The third-order valence-electron chi connectivity index (χ3n) is 4.63. The van der Waals surface area contributed by atoms with Gasteiger partial charge in [-0.1, -0.05) is 19.3 Å². The Morgan fingerprint density at radius 3 is 2.78 bits per heavy atom. The van der Waals surface area contributed by atoms with E-state index < -0.39 is 0 Å². The van der Waals surface area contributed by atoms with Crippen LogP contribution >= 0.6 is 0 Å². The fourth-order valence-electron chi connectivity index (χ4n) is 3.34. The number of aromatic nitrogens is 2. The molecule has 0 bridgehead atoms. The zero-order valence-corrected chi connectivity index (χ0v) is 13.8. The Kier molecular flexibility index (Phi) is 4.46. The number of anilines is 1. The first kappa shape index (κ1) is 15.7. The summed E-state index contributed by atoms with van der Waals surface area (Å²) in [5.74, 6) is 0.369. The Morgan fingerprint density at radius 1 is 1.30 bits per heavy atom. The first-order valence-corrected chi connectivity index (χ1v) is 8.34. The molecule has 1 fully saturated rings.